The van der Waals surface area contributed by atoms with Gasteiger partial charge in [-0.3, -0.25) is 4.79 Å². The van der Waals surface area contributed by atoms with E-state index in [9.17, 15) is 4.79 Å². The van der Waals surface area contributed by atoms with E-state index >= 15 is 0 Å². The number of para-hydroxylation sites is 1. The van der Waals surface area contributed by atoms with Gasteiger partial charge in [-0.2, -0.15) is 0 Å². The predicted molar refractivity (Wildman–Crippen MR) is 109 cm³/mol. The lowest BCUT2D eigenvalue weighted by Gasteiger charge is -2.17. The number of nitrogens with zero attached hydrogens (tertiary/aromatic N) is 2. The highest BCUT2D eigenvalue weighted by molar-refractivity contribution is 6.06. The van der Waals surface area contributed by atoms with E-state index in [0.717, 1.165) is 24.4 Å². The van der Waals surface area contributed by atoms with E-state index in [-0.39, 0.29) is 5.91 Å². The van der Waals surface area contributed by atoms with Crippen LogP contribution in [0, 0.1) is 0 Å². The molecule has 0 fully saturated rings. The van der Waals surface area contributed by atoms with Crippen LogP contribution in [0.15, 0.2) is 72.9 Å². The molecular weight excluding hydrogens is 338 g/mol. The van der Waals surface area contributed by atoms with Gasteiger partial charge >= 0.3 is 0 Å². The standard InChI is InChI=1S/C22H23N3O2/c1-25(19-6-4-3-5-7-19)22(26)18-13-15-24-21(16-18)23-14-12-17-8-10-20(27-2)11-9-17/h3-11,13,15-16H,12,14H2,1-2H3,(H,23,24). The molecule has 1 heterocycles. The minimum absolute atomic E-state index is 0.0678. The first-order valence-electron chi connectivity index (χ1n) is 8.83. The molecule has 0 unspecified atom stereocenters. The molecule has 1 amide bonds. The molecule has 5 heteroatoms. The fourth-order valence-corrected chi connectivity index (χ4v) is 2.75. The number of anilines is 2. The van der Waals surface area contributed by atoms with Gasteiger partial charge in [0.1, 0.15) is 11.6 Å². The summed E-state index contributed by atoms with van der Waals surface area (Å²) in [4.78, 5) is 18.7. The van der Waals surface area contributed by atoms with E-state index in [1.165, 1.54) is 5.56 Å². The van der Waals surface area contributed by atoms with Crippen molar-refractivity contribution in [2.75, 3.05) is 30.9 Å². The molecule has 0 aliphatic rings. The molecular formula is C22H23N3O2. The molecule has 0 aliphatic heterocycles. The Labute approximate surface area is 159 Å². The first kappa shape index (κ1) is 18.5. The highest BCUT2D eigenvalue weighted by atomic mass is 16.5. The van der Waals surface area contributed by atoms with Gasteiger partial charge in [0.25, 0.3) is 5.91 Å². The summed E-state index contributed by atoms with van der Waals surface area (Å²) in [7, 11) is 3.43. The Bertz CT molecular complexity index is 880. The molecule has 138 valence electrons. The summed E-state index contributed by atoms with van der Waals surface area (Å²) < 4.78 is 5.17. The van der Waals surface area contributed by atoms with Gasteiger partial charge in [-0.1, -0.05) is 30.3 Å². The number of nitrogens with one attached hydrogen (secondary N) is 1. The maximum absolute atomic E-state index is 12.7. The second kappa shape index (κ2) is 8.85. The number of hydrogen-bond acceptors (Lipinski definition) is 4. The average molecular weight is 361 g/mol. The second-order valence-corrected chi connectivity index (χ2v) is 6.15. The minimum Gasteiger partial charge on any atom is -0.497 e. The fraction of sp³-hybridized carbons (Fsp3) is 0.182. The van der Waals surface area contributed by atoms with Crippen LogP contribution in [-0.4, -0.2) is 31.6 Å². The predicted octanol–water partition coefficient (Wildman–Crippen LogP) is 4.02. The average Bonchev–Trinajstić information content (AvgIpc) is 2.74. The van der Waals surface area contributed by atoms with Crippen LogP contribution in [0.1, 0.15) is 15.9 Å². The van der Waals surface area contributed by atoms with Crippen LogP contribution in [0.3, 0.4) is 0 Å². The summed E-state index contributed by atoms with van der Waals surface area (Å²) in [6, 6.07) is 21.1. The number of carbonyl (C=O) groups is 1. The Kier molecular flexibility index (Phi) is 6.05. The van der Waals surface area contributed by atoms with Gasteiger partial charge in [-0.25, -0.2) is 4.98 Å². The molecule has 0 radical (unpaired) electrons. The molecule has 0 aliphatic carbocycles. The summed E-state index contributed by atoms with van der Waals surface area (Å²) in [5.74, 6) is 1.47. The molecule has 3 rings (SSSR count). The molecule has 2 aromatic carbocycles. The van der Waals surface area contributed by atoms with Crippen molar-refractivity contribution in [2.45, 2.75) is 6.42 Å². The lowest BCUT2D eigenvalue weighted by atomic mass is 10.1. The smallest absolute Gasteiger partial charge is 0.258 e. The van der Waals surface area contributed by atoms with Crippen LogP contribution in [-0.2, 0) is 6.42 Å². The summed E-state index contributed by atoms with van der Waals surface area (Å²) in [5.41, 5.74) is 2.66. The Morgan fingerprint density at radius 1 is 1.07 bits per heavy atom. The Morgan fingerprint density at radius 2 is 1.81 bits per heavy atom. The summed E-state index contributed by atoms with van der Waals surface area (Å²) in [5, 5.41) is 3.28. The van der Waals surface area contributed by atoms with Gasteiger partial charge in [0.15, 0.2) is 0 Å². The number of benzene rings is 2. The number of pyridine rings is 1. The van der Waals surface area contributed by atoms with Gasteiger partial charge in [0.2, 0.25) is 0 Å². The zero-order valence-electron chi connectivity index (χ0n) is 15.6. The molecule has 0 saturated heterocycles. The van der Waals surface area contributed by atoms with Crippen molar-refractivity contribution in [2.24, 2.45) is 0 Å². The van der Waals surface area contributed by atoms with Crippen molar-refractivity contribution in [1.82, 2.24) is 4.98 Å². The minimum atomic E-state index is -0.0678. The molecule has 27 heavy (non-hydrogen) atoms. The van der Waals surface area contributed by atoms with Gasteiger partial charge in [0.05, 0.1) is 7.11 Å². The first-order chi connectivity index (χ1) is 13.2. The largest absolute Gasteiger partial charge is 0.497 e. The van der Waals surface area contributed by atoms with E-state index in [1.807, 2.05) is 54.6 Å². The van der Waals surface area contributed by atoms with Crippen LogP contribution in [0.25, 0.3) is 0 Å². The highest BCUT2D eigenvalue weighted by Crippen LogP contribution is 2.16. The van der Waals surface area contributed by atoms with Crippen molar-refractivity contribution >= 4 is 17.4 Å². The monoisotopic (exact) mass is 361 g/mol. The van der Waals surface area contributed by atoms with Crippen molar-refractivity contribution in [3.63, 3.8) is 0 Å². The lowest BCUT2D eigenvalue weighted by Crippen LogP contribution is -2.26. The molecule has 3 aromatic rings. The summed E-state index contributed by atoms with van der Waals surface area (Å²) in [6.45, 7) is 0.728. The normalized spacial score (nSPS) is 10.3. The number of hydrogen-bond donors (Lipinski definition) is 1. The molecule has 0 atom stereocenters. The van der Waals surface area contributed by atoms with Crippen molar-refractivity contribution in [3.8, 4) is 5.75 Å². The Balaban J connectivity index is 1.60. The van der Waals surface area contributed by atoms with Crippen LogP contribution in [0.4, 0.5) is 11.5 Å². The Morgan fingerprint density at radius 3 is 2.52 bits per heavy atom. The third-order valence-electron chi connectivity index (χ3n) is 4.33. The van der Waals surface area contributed by atoms with Crippen LogP contribution >= 0.6 is 0 Å². The highest BCUT2D eigenvalue weighted by Gasteiger charge is 2.13. The number of carbonyl (C=O) groups excluding carboxylic acids is 1. The topological polar surface area (TPSA) is 54.5 Å². The van der Waals surface area contributed by atoms with Crippen molar-refractivity contribution in [3.05, 3.63) is 84.1 Å². The molecule has 1 aromatic heterocycles. The van der Waals surface area contributed by atoms with Crippen LogP contribution in [0.2, 0.25) is 0 Å². The third-order valence-corrected chi connectivity index (χ3v) is 4.33. The molecule has 1 N–H and O–H groups in total. The maximum Gasteiger partial charge on any atom is 0.258 e. The summed E-state index contributed by atoms with van der Waals surface area (Å²) >= 11 is 0. The lowest BCUT2D eigenvalue weighted by molar-refractivity contribution is 0.0993. The summed E-state index contributed by atoms with van der Waals surface area (Å²) in [6.07, 6.45) is 2.51. The molecule has 0 saturated carbocycles. The van der Waals surface area contributed by atoms with Crippen molar-refractivity contribution < 1.29 is 9.53 Å². The number of amides is 1. The van der Waals surface area contributed by atoms with Gasteiger partial charge < -0.3 is 15.0 Å². The quantitative estimate of drug-likeness (QED) is 0.690. The SMILES string of the molecule is COc1ccc(CCNc2cc(C(=O)N(C)c3ccccc3)ccn2)cc1. The van der Waals surface area contributed by atoms with Gasteiger partial charge in [-0.05, 0) is 48.4 Å². The Hall–Kier alpha value is -3.34. The van der Waals surface area contributed by atoms with Crippen LogP contribution < -0.4 is 15.0 Å². The fourth-order valence-electron chi connectivity index (χ4n) is 2.75. The number of aromatic nitrogens is 1. The van der Waals surface area contributed by atoms with E-state index in [0.29, 0.717) is 11.4 Å². The molecule has 0 spiro atoms. The number of rotatable bonds is 7. The van der Waals surface area contributed by atoms with Crippen molar-refractivity contribution in [1.29, 1.82) is 0 Å². The van der Waals surface area contributed by atoms with Crippen LogP contribution in [0.5, 0.6) is 5.75 Å². The zero-order valence-corrected chi connectivity index (χ0v) is 15.6. The molecule has 5 nitrogen and oxygen atoms in total. The van der Waals surface area contributed by atoms with E-state index in [1.54, 1.807) is 37.4 Å². The van der Waals surface area contributed by atoms with Gasteiger partial charge in [-0.15, -0.1) is 0 Å². The zero-order chi connectivity index (χ0) is 19.1. The number of ether oxygens (including phenoxy) is 1. The second-order valence-electron chi connectivity index (χ2n) is 6.15. The van der Waals surface area contributed by atoms with E-state index < -0.39 is 0 Å². The first-order valence-corrected chi connectivity index (χ1v) is 8.83. The third kappa shape index (κ3) is 4.85. The molecule has 0 bridgehead atoms. The maximum atomic E-state index is 12.7. The van der Waals surface area contributed by atoms with E-state index in [2.05, 4.69) is 10.3 Å². The number of methoxy groups -OCH3 is 1. The van der Waals surface area contributed by atoms with E-state index in [4.69, 9.17) is 4.74 Å². The van der Waals surface area contributed by atoms with Gasteiger partial charge in [0, 0.05) is 31.0 Å².